The van der Waals surface area contributed by atoms with Crippen LogP contribution in [0.15, 0.2) is 83.0 Å². The summed E-state index contributed by atoms with van der Waals surface area (Å²) in [6.45, 7) is 11.0. The number of allylic oxidation sites excluding steroid dienone is 9. The van der Waals surface area contributed by atoms with Crippen molar-refractivity contribution < 1.29 is 9.90 Å². The molecule has 0 saturated carbocycles. The first kappa shape index (κ1) is 24.6. The summed E-state index contributed by atoms with van der Waals surface area (Å²) in [6, 6.07) is 7.53. The molecule has 3 heteroatoms. The number of aliphatic hydroxyl groups is 1. The number of amides is 1. The molecule has 31 heavy (non-hydrogen) atoms. The Balaban J connectivity index is 1.93. The lowest BCUT2D eigenvalue weighted by Crippen LogP contribution is -2.19. The van der Waals surface area contributed by atoms with Crippen LogP contribution < -0.4 is 5.32 Å². The molecule has 2 rings (SSSR count). The van der Waals surface area contributed by atoms with Crippen LogP contribution in [-0.4, -0.2) is 17.6 Å². The minimum Gasteiger partial charge on any atom is -0.396 e. The molecule has 0 radical (unpaired) electrons. The molecule has 2 N–H and O–H groups in total. The third-order valence-corrected chi connectivity index (χ3v) is 5.75. The zero-order chi connectivity index (χ0) is 22.9. The van der Waals surface area contributed by atoms with Gasteiger partial charge < -0.3 is 10.4 Å². The summed E-state index contributed by atoms with van der Waals surface area (Å²) in [5.41, 5.74) is 7.07. The van der Waals surface area contributed by atoms with Crippen molar-refractivity contribution in [3.63, 3.8) is 0 Å². The quantitative estimate of drug-likeness (QED) is 0.364. The van der Waals surface area contributed by atoms with Gasteiger partial charge >= 0.3 is 0 Å². The van der Waals surface area contributed by atoms with Gasteiger partial charge in [-0.05, 0) is 80.7 Å². The van der Waals surface area contributed by atoms with Crippen LogP contribution in [0.3, 0.4) is 0 Å². The van der Waals surface area contributed by atoms with Crippen molar-refractivity contribution >= 4 is 11.6 Å². The molecule has 0 fully saturated rings. The zero-order valence-electron chi connectivity index (χ0n) is 19.7. The van der Waals surface area contributed by atoms with E-state index in [4.69, 9.17) is 5.11 Å². The highest BCUT2D eigenvalue weighted by molar-refractivity contribution is 5.99. The number of hydrogen-bond acceptors (Lipinski definition) is 2. The lowest BCUT2D eigenvalue weighted by atomic mass is 9.72. The molecule has 1 aliphatic carbocycles. The summed E-state index contributed by atoms with van der Waals surface area (Å²) in [7, 11) is 0. The highest BCUT2D eigenvalue weighted by Gasteiger charge is 2.26. The van der Waals surface area contributed by atoms with Crippen LogP contribution in [-0.2, 0) is 11.2 Å². The van der Waals surface area contributed by atoms with Gasteiger partial charge in [0.1, 0.15) is 0 Å². The van der Waals surface area contributed by atoms with Crippen LogP contribution in [0, 0.1) is 5.41 Å². The van der Waals surface area contributed by atoms with Gasteiger partial charge in [-0.25, -0.2) is 0 Å². The van der Waals surface area contributed by atoms with Gasteiger partial charge in [-0.3, -0.25) is 4.79 Å². The Labute approximate surface area is 188 Å². The van der Waals surface area contributed by atoms with E-state index >= 15 is 0 Å². The predicted octanol–water partition coefficient (Wildman–Crippen LogP) is 6.69. The van der Waals surface area contributed by atoms with E-state index in [-0.39, 0.29) is 17.9 Å². The van der Waals surface area contributed by atoms with E-state index in [1.54, 1.807) is 6.08 Å². The zero-order valence-corrected chi connectivity index (χ0v) is 19.7. The maximum absolute atomic E-state index is 12.2. The lowest BCUT2D eigenvalue weighted by Gasteiger charge is -2.32. The average molecular weight is 420 g/mol. The maximum atomic E-state index is 12.2. The first-order chi connectivity index (χ1) is 14.7. The van der Waals surface area contributed by atoms with Crippen LogP contribution >= 0.6 is 0 Å². The molecule has 0 heterocycles. The molecule has 3 nitrogen and oxygen atoms in total. The molecule has 1 amide bonds. The first-order valence-electron chi connectivity index (χ1n) is 11.1. The Hall–Kier alpha value is -2.65. The second kappa shape index (κ2) is 11.7. The Morgan fingerprint density at radius 2 is 1.84 bits per heavy atom. The van der Waals surface area contributed by atoms with E-state index in [0.717, 1.165) is 16.8 Å². The fraction of sp³-hybridized carbons (Fsp3) is 0.393. The minimum absolute atomic E-state index is 0.124. The van der Waals surface area contributed by atoms with Gasteiger partial charge in [-0.15, -0.1) is 0 Å². The van der Waals surface area contributed by atoms with Crippen molar-refractivity contribution in [3.8, 4) is 0 Å². The minimum atomic E-state index is -0.153. The fourth-order valence-corrected chi connectivity index (χ4v) is 3.95. The van der Waals surface area contributed by atoms with Crippen molar-refractivity contribution in [2.24, 2.45) is 5.41 Å². The standard InChI is InChI=1S/C28H37NO2/c1-21(11-16-26-23(3)10-7-18-28(26,4)5)8-6-9-22(2)20-27(31)29-25-14-12-24(13-15-25)17-19-30/h6,8-9,11-16,20,30H,7,10,17-19H2,1-5H3,(H,29,31)/b9-6+,16-11+,21-8+,22-20+. The molecule has 1 aliphatic rings. The predicted molar refractivity (Wildman–Crippen MR) is 132 cm³/mol. The smallest absolute Gasteiger partial charge is 0.248 e. The number of carbonyl (C=O) groups is 1. The van der Waals surface area contributed by atoms with Gasteiger partial charge in [-0.2, -0.15) is 0 Å². The summed E-state index contributed by atoms with van der Waals surface area (Å²) in [4.78, 5) is 12.2. The van der Waals surface area contributed by atoms with Crippen molar-refractivity contribution in [2.45, 2.75) is 60.3 Å². The summed E-state index contributed by atoms with van der Waals surface area (Å²) in [6.07, 6.45) is 16.4. The third-order valence-electron chi connectivity index (χ3n) is 5.75. The lowest BCUT2D eigenvalue weighted by molar-refractivity contribution is -0.111. The van der Waals surface area contributed by atoms with E-state index in [0.29, 0.717) is 6.42 Å². The topological polar surface area (TPSA) is 49.3 Å². The normalized spacial score (nSPS) is 17.6. The molecule has 0 aliphatic heterocycles. The van der Waals surface area contributed by atoms with Crippen LogP contribution in [0.5, 0.6) is 0 Å². The van der Waals surface area contributed by atoms with Crippen molar-refractivity contribution in [1.82, 2.24) is 0 Å². The Bertz CT molecular complexity index is 909. The van der Waals surface area contributed by atoms with Gasteiger partial charge in [0.2, 0.25) is 5.91 Å². The van der Waals surface area contributed by atoms with E-state index in [1.807, 2.05) is 43.3 Å². The largest absolute Gasteiger partial charge is 0.396 e. The molecule has 1 aromatic rings. The second-order valence-corrected chi connectivity index (χ2v) is 9.08. The van der Waals surface area contributed by atoms with Gasteiger partial charge in [0.25, 0.3) is 0 Å². The monoisotopic (exact) mass is 419 g/mol. The summed E-state index contributed by atoms with van der Waals surface area (Å²) >= 11 is 0. The highest BCUT2D eigenvalue weighted by atomic mass is 16.3. The van der Waals surface area contributed by atoms with Crippen molar-refractivity contribution in [1.29, 1.82) is 0 Å². The highest BCUT2D eigenvalue weighted by Crippen LogP contribution is 2.40. The van der Waals surface area contributed by atoms with E-state index in [9.17, 15) is 4.79 Å². The summed E-state index contributed by atoms with van der Waals surface area (Å²) in [5.74, 6) is -0.153. The maximum Gasteiger partial charge on any atom is 0.248 e. The molecule has 0 spiro atoms. The fourth-order valence-electron chi connectivity index (χ4n) is 3.95. The van der Waals surface area contributed by atoms with E-state index < -0.39 is 0 Å². The molecule has 0 bridgehead atoms. The number of benzene rings is 1. The number of rotatable bonds is 8. The number of carbonyl (C=O) groups excluding carboxylic acids is 1. The van der Waals surface area contributed by atoms with Gasteiger partial charge in [0.05, 0.1) is 0 Å². The SMILES string of the molecule is CC1=C(/C=C/C(C)=C/C=C/C(C)=C/C(=O)Nc2ccc(CCO)cc2)C(C)(C)CCC1. The Morgan fingerprint density at radius 1 is 1.13 bits per heavy atom. The number of hydrogen-bond donors (Lipinski definition) is 2. The van der Waals surface area contributed by atoms with Crippen LogP contribution in [0.1, 0.15) is 59.4 Å². The van der Waals surface area contributed by atoms with Gasteiger partial charge in [-0.1, -0.05) is 67.5 Å². The summed E-state index contributed by atoms with van der Waals surface area (Å²) in [5, 5.41) is 11.8. The molecular weight excluding hydrogens is 382 g/mol. The van der Waals surface area contributed by atoms with Crippen molar-refractivity contribution in [2.75, 3.05) is 11.9 Å². The number of nitrogens with one attached hydrogen (secondary N) is 1. The van der Waals surface area contributed by atoms with E-state index in [2.05, 4.69) is 51.2 Å². The second-order valence-electron chi connectivity index (χ2n) is 9.08. The van der Waals surface area contributed by atoms with E-state index in [1.165, 1.54) is 36.0 Å². The summed E-state index contributed by atoms with van der Waals surface area (Å²) < 4.78 is 0. The molecule has 166 valence electrons. The molecule has 0 unspecified atom stereocenters. The van der Waals surface area contributed by atoms with Crippen molar-refractivity contribution in [3.05, 3.63) is 88.6 Å². The number of aliphatic hydroxyl groups excluding tert-OH is 1. The van der Waals surface area contributed by atoms with Gasteiger partial charge in [0.15, 0.2) is 0 Å². The molecular formula is C28H37NO2. The Kier molecular flexibility index (Phi) is 9.26. The van der Waals surface area contributed by atoms with Crippen LogP contribution in [0.25, 0.3) is 0 Å². The molecule has 0 aromatic heterocycles. The molecule has 0 saturated heterocycles. The Morgan fingerprint density at radius 3 is 2.48 bits per heavy atom. The molecule has 1 aromatic carbocycles. The number of anilines is 1. The third kappa shape index (κ3) is 8.18. The molecule has 0 atom stereocenters. The van der Waals surface area contributed by atoms with Gasteiger partial charge in [0, 0.05) is 18.4 Å². The first-order valence-corrected chi connectivity index (χ1v) is 11.1. The van der Waals surface area contributed by atoms with Crippen LogP contribution in [0.4, 0.5) is 5.69 Å². The average Bonchev–Trinajstić information content (AvgIpc) is 2.68. The van der Waals surface area contributed by atoms with Crippen LogP contribution in [0.2, 0.25) is 0 Å².